The molecule has 0 aliphatic heterocycles. The first-order chi connectivity index (χ1) is 20.5. The van der Waals surface area contributed by atoms with E-state index in [2.05, 4.69) is 104 Å². The molecule has 5 fully saturated rings. The normalized spacial score (nSPS) is 23.0. The van der Waals surface area contributed by atoms with Crippen molar-refractivity contribution in [1.29, 1.82) is 0 Å². The maximum Gasteiger partial charge on any atom is -0.0354 e. The molecule has 0 unspecified atom stereocenters. The molecule has 0 saturated heterocycles. The lowest BCUT2D eigenvalue weighted by atomic mass is 9.69. The van der Waals surface area contributed by atoms with Crippen molar-refractivity contribution in [3.63, 3.8) is 0 Å². The minimum Gasteiger partial charge on any atom is -0.0599 e. The van der Waals surface area contributed by atoms with Gasteiger partial charge in [0.05, 0.1) is 0 Å². The summed E-state index contributed by atoms with van der Waals surface area (Å²) < 4.78 is 0. The lowest BCUT2D eigenvalue weighted by molar-refractivity contribution is 0.141. The Morgan fingerprint density at radius 3 is 0.489 bits per heavy atom. The first-order valence-corrected chi connectivity index (χ1v) is 20.5. The van der Waals surface area contributed by atoms with Crippen LogP contribution in [0, 0.1) is 56.7 Å². The largest absolute Gasteiger partial charge is 0.0599 e. The Labute approximate surface area is 288 Å². The van der Waals surface area contributed by atoms with Crippen molar-refractivity contribution in [2.45, 2.75) is 232 Å². The molecule has 5 saturated carbocycles. The van der Waals surface area contributed by atoms with Crippen LogP contribution in [-0.4, -0.2) is 0 Å². The molecule has 0 aromatic carbocycles. The van der Waals surface area contributed by atoms with Crippen molar-refractivity contribution in [3.05, 3.63) is 0 Å². The molecule has 0 N–H and O–H groups in total. The Morgan fingerprint density at radius 2 is 0.356 bits per heavy atom. The fourth-order valence-corrected chi connectivity index (χ4v) is 8.13. The molecule has 0 aromatic rings. The standard InChI is InChI=1S/C11H22.C10H20.C9H18.C8H16.C7H14/c1-11(2,3)10-8-6-4-5-7-9-10;1-10(2,3)9-7-5-4-6-8-9;1-9(2,3)8-6-4-5-7-8;1-8(2,3)7-5-4-6-7;1-7(2,3)6-4-5-6/h10H,4-9H2,1-3H3;9H,4-8H2,1-3H3;8H,4-7H2,1-3H3;7H,4-6H2,1-3H3;6H,4-5H2,1-3H3. The zero-order valence-electron chi connectivity index (χ0n) is 34.5. The minimum atomic E-state index is 0.560. The average molecular weight is 631 g/mol. The lowest BCUT2D eigenvalue weighted by Crippen LogP contribution is -2.26. The zero-order chi connectivity index (χ0) is 34.5. The highest BCUT2D eigenvalue weighted by Crippen LogP contribution is 2.44. The van der Waals surface area contributed by atoms with Crippen molar-refractivity contribution in [1.82, 2.24) is 0 Å². The van der Waals surface area contributed by atoms with E-state index < -0.39 is 0 Å². The monoisotopic (exact) mass is 631 g/mol. The summed E-state index contributed by atoms with van der Waals surface area (Å²) in [5, 5.41) is 0. The van der Waals surface area contributed by atoms with Crippen molar-refractivity contribution >= 4 is 0 Å². The molecule has 0 heterocycles. The smallest absolute Gasteiger partial charge is 0.0354 e. The number of rotatable bonds is 0. The molecular weight excluding hydrogens is 540 g/mol. The van der Waals surface area contributed by atoms with Crippen molar-refractivity contribution in [2.75, 3.05) is 0 Å². The Bertz CT molecular complexity index is 707. The van der Waals surface area contributed by atoms with Gasteiger partial charge in [0.25, 0.3) is 0 Å². The van der Waals surface area contributed by atoms with Crippen LogP contribution < -0.4 is 0 Å². The highest BCUT2D eigenvalue weighted by Gasteiger charge is 2.33. The van der Waals surface area contributed by atoms with Crippen LogP contribution >= 0.6 is 0 Å². The second-order valence-corrected chi connectivity index (χ2v) is 21.7. The fourth-order valence-electron chi connectivity index (χ4n) is 8.13. The summed E-state index contributed by atoms with van der Waals surface area (Å²) in [5.74, 6) is 5.08. The maximum atomic E-state index is 2.39. The third-order valence-electron chi connectivity index (χ3n) is 12.6. The van der Waals surface area contributed by atoms with Gasteiger partial charge in [-0.3, -0.25) is 0 Å². The second kappa shape index (κ2) is 19.3. The Balaban J connectivity index is 0.000000283. The predicted molar refractivity (Wildman–Crippen MR) is 207 cm³/mol. The van der Waals surface area contributed by atoms with Gasteiger partial charge in [0.15, 0.2) is 0 Å². The summed E-state index contributed by atoms with van der Waals surface area (Å²) >= 11 is 0. The van der Waals surface area contributed by atoms with E-state index in [1.54, 1.807) is 0 Å². The molecule has 0 radical (unpaired) electrons. The molecule has 45 heavy (non-hydrogen) atoms. The summed E-state index contributed by atoms with van der Waals surface area (Å²) in [6.07, 6.45) is 29.5. The fraction of sp³-hybridized carbons (Fsp3) is 1.00. The molecule has 5 aliphatic rings. The van der Waals surface area contributed by atoms with Gasteiger partial charge in [0, 0.05) is 0 Å². The van der Waals surface area contributed by atoms with Gasteiger partial charge in [-0.1, -0.05) is 168 Å². The molecule has 5 aliphatic carbocycles. The number of hydrogen-bond donors (Lipinski definition) is 0. The maximum absolute atomic E-state index is 2.39. The van der Waals surface area contributed by atoms with Crippen LogP contribution in [0.4, 0.5) is 0 Å². The van der Waals surface area contributed by atoms with Crippen molar-refractivity contribution in [2.24, 2.45) is 56.7 Å². The van der Waals surface area contributed by atoms with E-state index in [0.717, 1.165) is 29.6 Å². The summed E-state index contributed by atoms with van der Waals surface area (Å²) in [4.78, 5) is 0. The zero-order valence-corrected chi connectivity index (χ0v) is 34.5. The van der Waals surface area contributed by atoms with Crippen molar-refractivity contribution in [3.8, 4) is 0 Å². The van der Waals surface area contributed by atoms with E-state index in [9.17, 15) is 0 Å². The Morgan fingerprint density at radius 1 is 0.200 bits per heavy atom. The molecule has 0 heteroatoms. The summed E-state index contributed by atoms with van der Waals surface area (Å²) in [6, 6.07) is 0. The molecule has 0 spiro atoms. The van der Waals surface area contributed by atoms with Gasteiger partial charge >= 0.3 is 0 Å². The highest BCUT2D eigenvalue weighted by atomic mass is 14.4. The minimum absolute atomic E-state index is 0.560. The Hall–Kier alpha value is 0. The van der Waals surface area contributed by atoms with E-state index in [4.69, 9.17) is 0 Å². The highest BCUT2D eigenvalue weighted by molar-refractivity contribution is 4.84. The SMILES string of the molecule is CC(C)(C)C1CC1.CC(C)(C)C1CCC1.CC(C)(C)C1CCCC1.CC(C)(C)C1CCCCC1.CC(C)(C)C1CCCCCC1. The molecule has 5 rings (SSSR count). The molecule has 0 bridgehead atoms. The van der Waals surface area contributed by atoms with Gasteiger partial charge in [-0.05, 0) is 121 Å². The summed E-state index contributed by atoms with van der Waals surface area (Å²) in [5.41, 5.74) is 2.92. The lowest BCUT2D eigenvalue weighted by Gasteiger charge is -2.37. The van der Waals surface area contributed by atoms with Crippen LogP contribution in [0.2, 0.25) is 0 Å². The topological polar surface area (TPSA) is 0 Å². The molecular formula is C45H90. The van der Waals surface area contributed by atoms with Gasteiger partial charge in [0.1, 0.15) is 0 Å². The third-order valence-corrected chi connectivity index (χ3v) is 12.6. The Kier molecular flexibility index (Phi) is 18.4. The third kappa shape index (κ3) is 19.6. The van der Waals surface area contributed by atoms with Crippen LogP contribution in [-0.2, 0) is 0 Å². The van der Waals surface area contributed by atoms with E-state index in [1.807, 2.05) is 0 Å². The van der Waals surface area contributed by atoms with Gasteiger partial charge in [-0.2, -0.15) is 0 Å². The van der Waals surface area contributed by atoms with Crippen LogP contribution in [0.3, 0.4) is 0 Å². The van der Waals surface area contributed by atoms with Gasteiger partial charge in [-0.15, -0.1) is 0 Å². The van der Waals surface area contributed by atoms with Gasteiger partial charge in [0.2, 0.25) is 0 Å². The predicted octanol–water partition coefficient (Wildman–Crippen LogP) is 16.1. The molecule has 0 atom stereocenters. The van der Waals surface area contributed by atoms with Gasteiger partial charge < -0.3 is 0 Å². The van der Waals surface area contributed by atoms with Crippen molar-refractivity contribution < 1.29 is 0 Å². The van der Waals surface area contributed by atoms with Gasteiger partial charge in [-0.25, -0.2) is 0 Å². The van der Waals surface area contributed by atoms with Crippen LogP contribution in [0.25, 0.3) is 0 Å². The second-order valence-electron chi connectivity index (χ2n) is 21.7. The van der Waals surface area contributed by atoms with E-state index in [0.29, 0.717) is 27.1 Å². The summed E-state index contributed by atoms with van der Waals surface area (Å²) in [7, 11) is 0. The van der Waals surface area contributed by atoms with E-state index in [-0.39, 0.29) is 0 Å². The molecule has 0 aromatic heterocycles. The van der Waals surface area contributed by atoms with E-state index in [1.165, 1.54) is 128 Å². The summed E-state index contributed by atoms with van der Waals surface area (Å²) in [6.45, 7) is 35.4. The van der Waals surface area contributed by atoms with Crippen LogP contribution in [0.1, 0.15) is 232 Å². The first kappa shape index (κ1) is 43.0. The van der Waals surface area contributed by atoms with Crippen LogP contribution in [0.15, 0.2) is 0 Å². The molecule has 270 valence electrons. The molecule has 0 amide bonds. The average Bonchev–Trinajstić information content (AvgIpc) is 3.64. The molecule has 0 nitrogen and oxygen atoms in total. The quantitative estimate of drug-likeness (QED) is 0.234. The number of hydrogen-bond acceptors (Lipinski definition) is 0. The first-order valence-electron chi connectivity index (χ1n) is 20.5. The van der Waals surface area contributed by atoms with Crippen LogP contribution in [0.5, 0.6) is 0 Å². The van der Waals surface area contributed by atoms with E-state index >= 15 is 0 Å².